The lowest BCUT2D eigenvalue weighted by molar-refractivity contribution is -0.141. The Balaban J connectivity index is 2.07. The third kappa shape index (κ3) is 4.15. The summed E-state index contributed by atoms with van der Waals surface area (Å²) >= 11 is 0. The molecule has 1 aromatic carbocycles. The fraction of sp³-hybridized carbons (Fsp3) is 0.238. The van der Waals surface area contributed by atoms with Crippen molar-refractivity contribution in [3.63, 3.8) is 0 Å². The molecular formula is C21H20O7. The molecule has 7 nitrogen and oxygen atoms in total. The fourth-order valence-electron chi connectivity index (χ4n) is 2.87. The molecule has 2 aromatic heterocycles. The molecule has 0 aliphatic heterocycles. The third-order valence-corrected chi connectivity index (χ3v) is 4.23. The lowest BCUT2D eigenvalue weighted by atomic mass is 9.98. The van der Waals surface area contributed by atoms with Gasteiger partial charge in [0.05, 0.1) is 19.4 Å². The molecule has 0 spiro atoms. The average Bonchev–Trinajstić information content (AvgIpc) is 3.19. The molecule has 0 bridgehead atoms. The number of carbonyl (C=O) groups excluding carboxylic acids is 1. The molecule has 0 saturated carbocycles. The Bertz CT molecular complexity index is 1000. The number of ether oxygens (including phenoxy) is 2. The van der Waals surface area contributed by atoms with Crippen LogP contribution in [-0.4, -0.2) is 25.3 Å². The molecule has 7 heteroatoms. The first-order valence-electron chi connectivity index (χ1n) is 8.60. The van der Waals surface area contributed by atoms with Crippen LogP contribution in [0.15, 0.2) is 62.2 Å². The number of methoxy groups -OCH3 is 2. The molecule has 0 radical (unpaired) electrons. The zero-order chi connectivity index (χ0) is 20.1. The van der Waals surface area contributed by atoms with E-state index in [2.05, 4.69) is 0 Å². The van der Waals surface area contributed by atoms with Gasteiger partial charge < -0.3 is 23.4 Å². The second kappa shape index (κ2) is 8.58. The van der Waals surface area contributed by atoms with Crippen LogP contribution in [0.5, 0.6) is 5.75 Å². The molecule has 0 amide bonds. The third-order valence-electron chi connectivity index (χ3n) is 4.23. The maximum atomic E-state index is 12.1. The van der Waals surface area contributed by atoms with Gasteiger partial charge in [0.15, 0.2) is 5.76 Å². The van der Waals surface area contributed by atoms with Crippen LogP contribution in [0.2, 0.25) is 0 Å². The maximum Gasteiger partial charge on any atom is 0.306 e. The van der Waals surface area contributed by atoms with E-state index in [0.717, 1.165) is 11.6 Å². The molecule has 146 valence electrons. The van der Waals surface area contributed by atoms with Crippen molar-refractivity contribution in [3.8, 4) is 17.1 Å². The van der Waals surface area contributed by atoms with Gasteiger partial charge in [0.1, 0.15) is 23.9 Å². The molecule has 2 heterocycles. The Labute approximate surface area is 161 Å². The SMILES string of the molecule is COCc1cc(=O)c(O)c([C@@H](CC(=O)OC)c2ccc(-c3ccccc3)o2)o1. The summed E-state index contributed by atoms with van der Waals surface area (Å²) in [4.78, 5) is 24.1. The van der Waals surface area contributed by atoms with Gasteiger partial charge in [-0.3, -0.25) is 9.59 Å². The van der Waals surface area contributed by atoms with E-state index in [1.807, 2.05) is 30.3 Å². The van der Waals surface area contributed by atoms with Crippen LogP contribution < -0.4 is 5.43 Å². The van der Waals surface area contributed by atoms with E-state index in [1.165, 1.54) is 14.2 Å². The van der Waals surface area contributed by atoms with Crippen molar-refractivity contribution in [1.82, 2.24) is 0 Å². The predicted molar refractivity (Wildman–Crippen MR) is 100.0 cm³/mol. The van der Waals surface area contributed by atoms with E-state index in [4.69, 9.17) is 18.3 Å². The highest BCUT2D eigenvalue weighted by atomic mass is 16.5. The van der Waals surface area contributed by atoms with Crippen LogP contribution in [0.25, 0.3) is 11.3 Å². The summed E-state index contributed by atoms with van der Waals surface area (Å²) in [5.74, 6) is -0.857. The molecule has 0 aliphatic carbocycles. The number of aromatic hydroxyl groups is 1. The summed E-state index contributed by atoms with van der Waals surface area (Å²) in [7, 11) is 2.71. The number of hydrogen-bond donors (Lipinski definition) is 1. The van der Waals surface area contributed by atoms with Gasteiger partial charge in [-0.05, 0) is 12.1 Å². The van der Waals surface area contributed by atoms with Crippen LogP contribution >= 0.6 is 0 Å². The number of hydrogen-bond acceptors (Lipinski definition) is 7. The molecule has 3 aromatic rings. The van der Waals surface area contributed by atoms with Crippen molar-refractivity contribution in [1.29, 1.82) is 0 Å². The van der Waals surface area contributed by atoms with Gasteiger partial charge in [0.25, 0.3) is 0 Å². The van der Waals surface area contributed by atoms with Crippen LogP contribution in [0.1, 0.15) is 29.6 Å². The Hall–Kier alpha value is -3.32. The number of esters is 1. The van der Waals surface area contributed by atoms with Crippen LogP contribution in [0, 0.1) is 0 Å². The number of benzene rings is 1. The van der Waals surface area contributed by atoms with Crippen molar-refractivity contribution in [2.45, 2.75) is 18.9 Å². The topological polar surface area (TPSA) is 99.1 Å². The van der Waals surface area contributed by atoms with E-state index in [-0.39, 0.29) is 24.5 Å². The zero-order valence-electron chi connectivity index (χ0n) is 15.5. The second-order valence-electron chi connectivity index (χ2n) is 6.12. The smallest absolute Gasteiger partial charge is 0.306 e. The fourth-order valence-corrected chi connectivity index (χ4v) is 2.87. The summed E-state index contributed by atoms with van der Waals surface area (Å²) < 4.78 is 21.3. The van der Waals surface area contributed by atoms with Crippen molar-refractivity contribution >= 4 is 5.97 Å². The van der Waals surface area contributed by atoms with Gasteiger partial charge in [-0.25, -0.2) is 0 Å². The molecule has 28 heavy (non-hydrogen) atoms. The molecule has 1 N–H and O–H groups in total. The van der Waals surface area contributed by atoms with Crippen LogP contribution in [0.3, 0.4) is 0 Å². The van der Waals surface area contributed by atoms with E-state index in [1.54, 1.807) is 12.1 Å². The zero-order valence-corrected chi connectivity index (χ0v) is 15.5. The van der Waals surface area contributed by atoms with Gasteiger partial charge in [0.2, 0.25) is 11.2 Å². The molecule has 0 unspecified atom stereocenters. The normalized spacial score (nSPS) is 11.9. The quantitative estimate of drug-likeness (QED) is 0.623. The minimum atomic E-state index is -0.839. The minimum absolute atomic E-state index is 0.0425. The van der Waals surface area contributed by atoms with Gasteiger partial charge in [-0.15, -0.1) is 0 Å². The summed E-state index contributed by atoms with van der Waals surface area (Å²) in [5.41, 5.74) is 0.224. The van der Waals surface area contributed by atoms with Crippen LogP contribution in [0.4, 0.5) is 0 Å². The Morgan fingerprint density at radius 1 is 1.11 bits per heavy atom. The van der Waals surface area contributed by atoms with Crippen molar-refractivity contribution in [2.75, 3.05) is 14.2 Å². The number of rotatable bonds is 7. The molecule has 0 aliphatic rings. The Morgan fingerprint density at radius 2 is 1.86 bits per heavy atom. The van der Waals surface area contributed by atoms with E-state index in [0.29, 0.717) is 11.5 Å². The first-order valence-corrected chi connectivity index (χ1v) is 8.60. The summed E-state index contributed by atoms with van der Waals surface area (Å²) in [5, 5.41) is 10.3. The van der Waals surface area contributed by atoms with E-state index in [9.17, 15) is 14.7 Å². The Kier molecular flexibility index (Phi) is 5.96. The van der Waals surface area contributed by atoms with E-state index >= 15 is 0 Å². The van der Waals surface area contributed by atoms with Crippen molar-refractivity contribution in [2.24, 2.45) is 0 Å². The average molecular weight is 384 g/mol. The predicted octanol–water partition coefficient (Wildman–Crippen LogP) is 3.45. The van der Waals surface area contributed by atoms with Crippen molar-refractivity contribution in [3.05, 3.63) is 76.0 Å². The standard InChI is InChI=1S/C21H20O7/c1-25-12-14-10-16(22)20(24)21(27-14)15(11-19(23)26-2)18-9-8-17(28-18)13-6-4-3-5-7-13/h3-10,15,24H,11-12H2,1-2H3/t15-/m0/s1. The molecule has 0 saturated heterocycles. The maximum absolute atomic E-state index is 12.1. The first-order chi connectivity index (χ1) is 13.5. The van der Waals surface area contributed by atoms with Gasteiger partial charge >= 0.3 is 5.97 Å². The molecule has 3 rings (SSSR count). The largest absolute Gasteiger partial charge is 0.502 e. The minimum Gasteiger partial charge on any atom is -0.502 e. The van der Waals surface area contributed by atoms with Gasteiger partial charge in [0, 0.05) is 18.7 Å². The van der Waals surface area contributed by atoms with Gasteiger partial charge in [-0.2, -0.15) is 0 Å². The summed E-state index contributed by atoms with van der Waals surface area (Å²) in [6.07, 6.45) is -0.175. The Morgan fingerprint density at radius 3 is 2.54 bits per heavy atom. The molecular weight excluding hydrogens is 364 g/mol. The highest BCUT2D eigenvalue weighted by molar-refractivity contribution is 5.71. The lowest BCUT2D eigenvalue weighted by Gasteiger charge is -2.15. The molecule has 0 fully saturated rings. The molecule has 1 atom stereocenters. The van der Waals surface area contributed by atoms with Crippen LogP contribution in [-0.2, 0) is 20.9 Å². The summed E-state index contributed by atoms with van der Waals surface area (Å²) in [6.45, 7) is 0.0425. The highest BCUT2D eigenvalue weighted by Crippen LogP contribution is 2.36. The second-order valence-corrected chi connectivity index (χ2v) is 6.12. The lowest BCUT2D eigenvalue weighted by Crippen LogP contribution is -2.13. The highest BCUT2D eigenvalue weighted by Gasteiger charge is 2.29. The summed E-state index contributed by atoms with van der Waals surface area (Å²) in [6, 6.07) is 14.0. The number of furan rings is 1. The van der Waals surface area contributed by atoms with Crippen molar-refractivity contribution < 1.29 is 28.2 Å². The monoisotopic (exact) mass is 384 g/mol. The number of carbonyl (C=O) groups is 1. The van der Waals surface area contributed by atoms with E-state index < -0.39 is 23.1 Å². The van der Waals surface area contributed by atoms with Gasteiger partial charge in [-0.1, -0.05) is 30.3 Å². The first kappa shape index (κ1) is 19.4.